The predicted octanol–water partition coefficient (Wildman–Crippen LogP) is 5.60. The lowest BCUT2D eigenvalue weighted by molar-refractivity contribution is -0.115. The number of thiophene rings is 1. The number of hydrogen-bond acceptors (Lipinski definition) is 6. The van der Waals surface area contributed by atoms with Crippen molar-refractivity contribution in [2.45, 2.75) is 61.9 Å². The molecule has 9 heteroatoms. The van der Waals surface area contributed by atoms with Gasteiger partial charge in [-0.3, -0.25) is 4.79 Å². The van der Waals surface area contributed by atoms with Crippen LogP contribution in [0.2, 0.25) is 5.02 Å². The number of pyridine rings is 1. The van der Waals surface area contributed by atoms with Crippen molar-refractivity contribution in [1.29, 1.82) is 0 Å². The summed E-state index contributed by atoms with van der Waals surface area (Å²) in [5.41, 5.74) is 0. The van der Waals surface area contributed by atoms with Crippen molar-refractivity contribution in [2.75, 3.05) is 5.32 Å². The molecule has 1 aliphatic carbocycles. The van der Waals surface area contributed by atoms with Gasteiger partial charge in [-0.2, -0.15) is 0 Å². The topological polar surface area (TPSA) is 72.7 Å². The maximum atomic E-state index is 12.7. The van der Waals surface area contributed by atoms with E-state index in [1.807, 2.05) is 6.92 Å². The first-order valence-electron chi connectivity index (χ1n) is 10.2. The number of thioether (sulfide) groups is 1. The summed E-state index contributed by atoms with van der Waals surface area (Å²) < 4.78 is 2.29. The van der Waals surface area contributed by atoms with E-state index in [1.54, 1.807) is 23.5 Å². The van der Waals surface area contributed by atoms with Crippen molar-refractivity contribution < 1.29 is 4.79 Å². The van der Waals surface area contributed by atoms with Crippen LogP contribution in [-0.4, -0.2) is 30.9 Å². The highest BCUT2D eigenvalue weighted by atomic mass is 35.5. The van der Waals surface area contributed by atoms with E-state index in [2.05, 4.69) is 42.6 Å². The van der Waals surface area contributed by atoms with Crippen LogP contribution in [0.1, 0.15) is 55.8 Å². The largest absolute Gasteiger partial charge is 0.310 e. The minimum Gasteiger partial charge on any atom is -0.310 e. The molecular formula is C21H24ClN5OS2. The molecule has 0 aromatic carbocycles. The maximum Gasteiger partial charge on any atom is 0.238 e. The minimum atomic E-state index is -0.330. The molecule has 6 nitrogen and oxygen atoms in total. The second-order valence-electron chi connectivity index (χ2n) is 7.43. The Balaban J connectivity index is 1.51. The number of nitrogens with zero attached hydrogens (tertiary/aromatic N) is 4. The predicted molar refractivity (Wildman–Crippen MR) is 122 cm³/mol. The number of carbonyl (C=O) groups excluding carboxylic acids is 1. The van der Waals surface area contributed by atoms with E-state index in [0.717, 1.165) is 30.2 Å². The fraction of sp³-hybridized carbons (Fsp3) is 0.429. The van der Waals surface area contributed by atoms with Gasteiger partial charge in [0, 0.05) is 23.5 Å². The number of halogens is 1. The normalized spacial score (nSPS) is 15.8. The molecule has 1 unspecified atom stereocenters. The molecule has 0 saturated heterocycles. The molecular weight excluding hydrogens is 438 g/mol. The zero-order valence-corrected chi connectivity index (χ0v) is 19.1. The third-order valence-electron chi connectivity index (χ3n) is 5.22. The van der Waals surface area contributed by atoms with Gasteiger partial charge in [-0.1, -0.05) is 48.7 Å². The third kappa shape index (κ3) is 5.22. The first-order valence-corrected chi connectivity index (χ1v) is 12.3. The molecule has 30 heavy (non-hydrogen) atoms. The van der Waals surface area contributed by atoms with Gasteiger partial charge in [-0.05, 0) is 43.3 Å². The summed E-state index contributed by atoms with van der Waals surface area (Å²) in [6, 6.07) is 8.00. The molecule has 0 radical (unpaired) electrons. The zero-order chi connectivity index (χ0) is 20.9. The third-order valence-corrected chi connectivity index (χ3v) is 7.37. The SMILES string of the molecule is CC(Sc1nnc(Cc2cccs2)n1C1CCCCC1)C(=O)Nc1ccc(Cl)cn1. The van der Waals surface area contributed by atoms with E-state index in [9.17, 15) is 4.79 Å². The molecule has 158 valence electrons. The zero-order valence-electron chi connectivity index (χ0n) is 16.8. The van der Waals surface area contributed by atoms with Crippen LogP contribution in [0.3, 0.4) is 0 Å². The van der Waals surface area contributed by atoms with Gasteiger partial charge in [0.05, 0.1) is 10.3 Å². The number of rotatable bonds is 7. The molecule has 3 aromatic rings. The fourth-order valence-corrected chi connectivity index (χ4v) is 5.42. The smallest absolute Gasteiger partial charge is 0.238 e. The Kier molecular flexibility index (Phi) is 7.07. The van der Waals surface area contributed by atoms with Gasteiger partial charge in [0.15, 0.2) is 5.16 Å². The maximum absolute atomic E-state index is 12.7. The first-order chi connectivity index (χ1) is 14.6. The first kappa shape index (κ1) is 21.3. The van der Waals surface area contributed by atoms with Crippen LogP contribution < -0.4 is 5.32 Å². The van der Waals surface area contributed by atoms with E-state index >= 15 is 0 Å². The fourth-order valence-electron chi connectivity index (χ4n) is 3.67. The van der Waals surface area contributed by atoms with Crippen molar-refractivity contribution in [3.8, 4) is 0 Å². The molecule has 0 spiro atoms. The summed E-state index contributed by atoms with van der Waals surface area (Å²) in [6.45, 7) is 1.88. The summed E-state index contributed by atoms with van der Waals surface area (Å²) in [5.74, 6) is 1.36. The summed E-state index contributed by atoms with van der Waals surface area (Å²) in [5, 5.41) is 15.0. The number of nitrogens with one attached hydrogen (secondary N) is 1. The van der Waals surface area contributed by atoms with E-state index in [1.165, 1.54) is 42.1 Å². The molecule has 1 N–H and O–H groups in total. The van der Waals surface area contributed by atoms with Gasteiger partial charge >= 0.3 is 0 Å². The quantitative estimate of drug-likeness (QED) is 0.463. The van der Waals surface area contributed by atoms with Gasteiger partial charge in [0.1, 0.15) is 11.6 Å². The number of anilines is 1. The number of hydrogen-bond donors (Lipinski definition) is 1. The highest BCUT2D eigenvalue weighted by Gasteiger charge is 2.26. The highest BCUT2D eigenvalue weighted by molar-refractivity contribution is 8.00. The van der Waals surface area contributed by atoms with Gasteiger partial charge < -0.3 is 9.88 Å². The second kappa shape index (κ2) is 9.94. The average Bonchev–Trinajstić information content (AvgIpc) is 3.41. The van der Waals surface area contributed by atoms with E-state index in [4.69, 9.17) is 11.6 Å². The van der Waals surface area contributed by atoms with Crippen LogP contribution in [0.25, 0.3) is 0 Å². The average molecular weight is 462 g/mol. The van der Waals surface area contributed by atoms with Crippen molar-refractivity contribution in [1.82, 2.24) is 19.7 Å². The van der Waals surface area contributed by atoms with Crippen molar-refractivity contribution in [3.63, 3.8) is 0 Å². The number of carbonyl (C=O) groups is 1. The van der Waals surface area contributed by atoms with Crippen LogP contribution >= 0.6 is 34.7 Å². The highest BCUT2D eigenvalue weighted by Crippen LogP contribution is 2.34. The Morgan fingerprint density at radius 3 is 2.83 bits per heavy atom. The van der Waals surface area contributed by atoms with Crippen molar-refractivity contribution in [2.24, 2.45) is 0 Å². The Morgan fingerprint density at radius 2 is 2.13 bits per heavy atom. The van der Waals surface area contributed by atoms with E-state index in [0.29, 0.717) is 16.9 Å². The van der Waals surface area contributed by atoms with Gasteiger partial charge in [0.2, 0.25) is 5.91 Å². The van der Waals surface area contributed by atoms with E-state index < -0.39 is 0 Å². The molecule has 1 amide bonds. The standard InChI is InChI=1S/C21H24ClN5OS2/c1-14(20(28)24-18-10-9-15(22)13-23-18)30-21-26-25-19(12-17-8-5-11-29-17)27(21)16-6-3-2-4-7-16/h5,8-11,13-14,16H,2-4,6-7,12H2,1H3,(H,23,24,28). The summed E-state index contributed by atoms with van der Waals surface area (Å²) >= 11 is 9.06. The Morgan fingerprint density at radius 1 is 1.30 bits per heavy atom. The van der Waals surface area contributed by atoms with Gasteiger partial charge in [-0.15, -0.1) is 21.5 Å². The molecule has 1 saturated carbocycles. The Bertz CT molecular complexity index is 968. The number of amides is 1. The second-order valence-corrected chi connectivity index (χ2v) is 10.2. The lowest BCUT2D eigenvalue weighted by atomic mass is 9.95. The van der Waals surface area contributed by atoms with Crippen LogP contribution in [0, 0.1) is 0 Å². The van der Waals surface area contributed by atoms with Crippen LogP contribution in [0.15, 0.2) is 41.0 Å². The minimum absolute atomic E-state index is 0.118. The molecule has 0 aliphatic heterocycles. The van der Waals surface area contributed by atoms with Crippen LogP contribution in [0.4, 0.5) is 5.82 Å². The van der Waals surface area contributed by atoms with Gasteiger partial charge in [0.25, 0.3) is 0 Å². The van der Waals surface area contributed by atoms with Crippen molar-refractivity contribution >= 4 is 46.4 Å². The number of aromatic nitrogens is 4. The summed E-state index contributed by atoms with van der Waals surface area (Å²) in [4.78, 5) is 18.1. The lowest BCUT2D eigenvalue weighted by Gasteiger charge is -2.26. The Hall–Kier alpha value is -1.90. The monoisotopic (exact) mass is 461 g/mol. The molecule has 4 rings (SSSR count). The molecule has 1 aliphatic rings. The molecule has 1 atom stereocenters. The molecule has 1 fully saturated rings. The van der Waals surface area contributed by atoms with Crippen molar-refractivity contribution in [3.05, 3.63) is 51.6 Å². The molecule has 0 bridgehead atoms. The van der Waals surface area contributed by atoms with Crippen LogP contribution in [-0.2, 0) is 11.2 Å². The summed E-state index contributed by atoms with van der Waals surface area (Å²) in [7, 11) is 0. The summed E-state index contributed by atoms with van der Waals surface area (Å²) in [6.07, 6.45) is 8.31. The molecule has 3 aromatic heterocycles. The Labute approximate surface area is 189 Å². The van der Waals surface area contributed by atoms with Crippen LogP contribution in [0.5, 0.6) is 0 Å². The van der Waals surface area contributed by atoms with Gasteiger partial charge in [-0.25, -0.2) is 4.98 Å². The molecule has 3 heterocycles. The van der Waals surface area contributed by atoms with E-state index in [-0.39, 0.29) is 11.2 Å². The lowest BCUT2D eigenvalue weighted by Crippen LogP contribution is -2.24.